The van der Waals surface area contributed by atoms with Crippen LogP contribution in [0.5, 0.6) is 0 Å². The third kappa shape index (κ3) is 4.69. The second-order valence-electron chi connectivity index (χ2n) is 4.51. The van der Waals surface area contributed by atoms with Crippen molar-refractivity contribution in [3.63, 3.8) is 0 Å². The molecule has 2 N–H and O–H groups in total. The van der Waals surface area contributed by atoms with Crippen molar-refractivity contribution in [3.8, 4) is 0 Å². The van der Waals surface area contributed by atoms with Gasteiger partial charge in [-0.1, -0.05) is 11.6 Å². The highest BCUT2D eigenvalue weighted by molar-refractivity contribution is 6.31. The Hall–Kier alpha value is -2.60. The van der Waals surface area contributed by atoms with Crippen LogP contribution in [0.4, 0.5) is 20.6 Å². The maximum Gasteiger partial charge on any atom is 0.338 e. The number of carbonyl (C=O) groups excluding carboxylic acids is 2. The molecule has 0 bridgehead atoms. The molecule has 0 spiro atoms. The average molecular weight is 337 g/mol. The highest BCUT2D eigenvalue weighted by Crippen LogP contribution is 2.19. The molecule has 0 aliphatic rings. The van der Waals surface area contributed by atoms with Crippen LogP contribution in [-0.4, -0.2) is 18.6 Å². The molecule has 0 aromatic heterocycles. The number of nitrogens with one attached hydrogen (secondary N) is 2. The van der Waals surface area contributed by atoms with Crippen molar-refractivity contribution in [2.45, 2.75) is 6.92 Å². The number of urea groups is 1. The lowest BCUT2D eigenvalue weighted by Gasteiger charge is -2.09. The minimum Gasteiger partial charge on any atom is -0.462 e. The van der Waals surface area contributed by atoms with E-state index in [1.165, 1.54) is 12.1 Å². The highest BCUT2D eigenvalue weighted by atomic mass is 35.5. The first-order chi connectivity index (χ1) is 11.0. The topological polar surface area (TPSA) is 67.4 Å². The summed E-state index contributed by atoms with van der Waals surface area (Å²) in [5.41, 5.74) is 1.24. The molecule has 2 aromatic carbocycles. The predicted molar refractivity (Wildman–Crippen MR) is 86.4 cm³/mol. The first kappa shape index (κ1) is 16.8. The monoisotopic (exact) mass is 336 g/mol. The zero-order chi connectivity index (χ0) is 16.8. The maximum atomic E-state index is 13.0. The second-order valence-corrected chi connectivity index (χ2v) is 4.91. The number of benzene rings is 2. The standard InChI is InChI=1S/C16H14ClFN2O3/c1-2-23-15(21)10-3-5-11(6-4-10)19-16(22)20-12-7-8-14(18)13(17)9-12/h3-9H,2H2,1H3,(H2,19,20,22). The van der Waals surface area contributed by atoms with Gasteiger partial charge in [-0.05, 0) is 49.4 Å². The van der Waals surface area contributed by atoms with E-state index in [-0.39, 0.29) is 5.02 Å². The summed E-state index contributed by atoms with van der Waals surface area (Å²) in [6.45, 7) is 2.02. The van der Waals surface area contributed by atoms with Crippen molar-refractivity contribution >= 4 is 35.0 Å². The van der Waals surface area contributed by atoms with E-state index >= 15 is 0 Å². The largest absolute Gasteiger partial charge is 0.462 e. The maximum absolute atomic E-state index is 13.0. The molecule has 0 fully saturated rings. The second kappa shape index (κ2) is 7.60. The van der Waals surface area contributed by atoms with Crippen molar-refractivity contribution in [2.75, 3.05) is 17.2 Å². The summed E-state index contributed by atoms with van der Waals surface area (Å²) in [5.74, 6) is -0.989. The molecule has 23 heavy (non-hydrogen) atoms. The quantitative estimate of drug-likeness (QED) is 0.818. The SMILES string of the molecule is CCOC(=O)c1ccc(NC(=O)Nc2ccc(F)c(Cl)c2)cc1. The smallest absolute Gasteiger partial charge is 0.338 e. The van der Waals surface area contributed by atoms with Gasteiger partial charge >= 0.3 is 12.0 Å². The van der Waals surface area contributed by atoms with Gasteiger partial charge in [0.2, 0.25) is 0 Å². The van der Waals surface area contributed by atoms with Crippen LogP contribution in [0.2, 0.25) is 5.02 Å². The van der Waals surface area contributed by atoms with E-state index in [1.807, 2.05) is 0 Å². The van der Waals surface area contributed by atoms with Crippen molar-refractivity contribution < 1.29 is 18.7 Å². The Balaban J connectivity index is 1.97. The van der Waals surface area contributed by atoms with Crippen molar-refractivity contribution in [1.29, 1.82) is 0 Å². The number of amides is 2. The van der Waals surface area contributed by atoms with Gasteiger partial charge in [0, 0.05) is 11.4 Å². The fourth-order valence-corrected chi connectivity index (χ4v) is 1.95. The molecule has 0 saturated carbocycles. The molecule has 0 heterocycles. The Kier molecular flexibility index (Phi) is 5.54. The molecular weight excluding hydrogens is 323 g/mol. The number of anilines is 2. The van der Waals surface area contributed by atoms with Gasteiger partial charge in [-0.3, -0.25) is 0 Å². The molecule has 2 rings (SSSR count). The summed E-state index contributed by atoms with van der Waals surface area (Å²) in [6.07, 6.45) is 0. The summed E-state index contributed by atoms with van der Waals surface area (Å²) < 4.78 is 17.9. The molecule has 5 nitrogen and oxygen atoms in total. The zero-order valence-corrected chi connectivity index (χ0v) is 13.0. The molecule has 2 aromatic rings. The fourth-order valence-electron chi connectivity index (χ4n) is 1.77. The van der Waals surface area contributed by atoms with E-state index < -0.39 is 17.8 Å². The summed E-state index contributed by atoms with van der Waals surface area (Å²) in [4.78, 5) is 23.4. The lowest BCUT2D eigenvalue weighted by atomic mass is 10.2. The van der Waals surface area contributed by atoms with Crippen molar-refractivity contribution in [1.82, 2.24) is 0 Å². The van der Waals surface area contributed by atoms with Crippen LogP contribution >= 0.6 is 11.6 Å². The number of hydrogen-bond acceptors (Lipinski definition) is 3. The fraction of sp³-hybridized carbons (Fsp3) is 0.125. The van der Waals surface area contributed by atoms with E-state index in [9.17, 15) is 14.0 Å². The first-order valence-electron chi connectivity index (χ1n) is 6.80. The number of hydrogen-bond donors (Lipinski definition) is 2. The van der Waals surface area contributed by atoms with Crippen LogP contribution < -0.4 is 10.6 Å². The summed E-state index contributed by atoms with van der Waals surface area (Å²) in [7, 11) is 0. The minimum absolute atomic E-state index is 0.0819. The lowest BCUT2D eigenvalue weighted by Crippen LogP contribution is -2.19. The van der Waals surface area contributed by atoms with Crippen molar-refractivity contribution in [2.24, 2.45) is 0 Å². The summed E-state index contributed by atoms with van der Waals surface area (Å²) >= 11 is 5.64. The third-order valence-corrected chi connectivity index (χ3v) is 3.12. The number of carbonyl (C=O) groups is 2. The Bertz CT molecular complexity index is 720. The van der Waals surface area contributed by atoms with Gasteiger partial charge < -0.3 is 15.4 Å². The van der Waals surface area contributed by atoms with Gasteiger partial charge in [-0.25, -0.2) is 14.0 Å². The minimum atomic E-state index is -0.563. The van der Waals surface area contributed by atoms with Crippen LogP contribution in [0.3, 0.4) is 0 Å². The highest BCUT2D eigenvalue weighted by Gasteiger charge is 2.08. The number of rotatable bonds is 4. The Morgan fingerprint density at radius 2 is 1.70 bits per heavy atom. The molecule has 0 aliphatic carbocycles. The van der Waals surface area contributed by atoms with E-state index in [0.29, 0.717) is 23.5 Å². The molecular formula is C16H14ClFN2O3. The molecule has 0 radical (unpaired) electrons. The van der Waals surface area contributed by atoms with Crippen molar-refractivity contribution in [3.05, 3.63) is 58.9 Å². The summed E-state index contributed by atoms with van der Waals surface area (Å²) in [6, 6.07) is 9.57. The van der Waals surface area contributed by atoms with E-state index in [2.05, 4.69) is 10.6 Å². The number of halogens is 2. The lowest BCUT2D eigenvalue weighted by molar-refractivity contribution is 0.0526. The summed E-state index contributed by atoms with van der Waals surface area (Å²) in [5, 5.41) is 5.03. The number of esters is 1. The van der Waals surface area contributed by atoms with Gasteiger partial charge in [-0.15, -0.1) is 0 Å². The number of ether oxygens (including phenoxy) is 1. The molecule has 0 aliphatic heterocycles. The zero-order valence-electron chi connectivity index (χ0n) is 12.2. The average Bonchev–Trinajstić information content (AvgIpc) is 2.52. The normalized spacial score (nSPS) is 10.0. The Morgan fingerprint density at radius 1 is 1.09 bits per heavy atom. The van der Waals surface area contributed by atoms with Crippen LogP contribution in [-0.2, 0) is 4.74 Å². The molecule has 120 valence electrons. The van der Waals surface area contributed by atoms with Gasteiger partial charge in [-0.2, -0.15) is 0 Å². The Morgan fingerprint density at radius 3 is 2.30 bits per heavy atom. The van der Waals surface area contributed by atoms with E-state index in [0.717, 1.165) is 6.07 Å². The third-order valence-electron chi connectivity index (χ3n) is 2.83. The van der Waals surface area contributed by atoms with Gasteiger partial charge in [0.1, 0.15) is 5.82 Å². The van der Waals surface area contributed by atoms with Gasteiger partial charge in [0.05, 0.1) is 17.2 Å². The van der Waals surface area contributed by atoms with Crippen LogP contribution in [0.1, 0.15) is 17.3 Å². The first-order valence-corrected chi connectivity index (χ1v) is 7.17. The molecule has 0 atom stereocenters. The van der Waals surface area contributed by atoms with Crippen LogP contribution in [0, 0.1) is 5.82 Å². The van der Waals surface area contributed by atoms with Gasteiger partial charge in [0.25, 0.3) is 0 Å². The Labute approximate surface area is 137 Å². The predicted octanol–water partition coefficient (Wildman–Crippen LogP) is 4.30. The van der Waals surface area contributed by atoms with E-state index in [1.54, 1.807) is 31.2 Å². The van der Waals surface area contributed by atoms with E-state index in [4.69, 9.17) is 16.3 Å². The molecule has 0 unspecified atom stereocenters. The van der Waals surface area contributed by atoms with Crippen LogP contribution in [0.15, 0.2) is 42.5 Å². The van der Waals surface area contributed by atoms with Gasteiger partial charge in [0.15, 0.2) is 0 Å². The molecule has 0 saturated heterocycles. The molecule has 7 heteroatoms. The molecule has 2 amide bonds. The van der Waals surface area contributed by atoms with Crippen LogP contribution in [0.25, 0.3) is 0 Å².